The highest BCUT2D eigenvalue weighted by atomic mass is 32.2. The van der Waals surface area contributed by atoms with Gasteiger partial charge in [0.05, 0.1) is 0 Å². The Morgan fingerprint density at radius 2 is 2.00 bits per heavy atom. The molecule has 0 heterocycles. The van der Waals surface area contributed by atoms with E-state index in [4.69, 9.17) is 0 Å². The van der Waals surface area contributed by atoms with Crippen molar-refractivity contribution >= 4 is 17.7 Å². The van der Waals surface area contributed by atoms with E-state index in [0.29, 0.717) is 6.42 Å². The molecule has 1 aromatic rings. The van der Waals surface area contributed by atoms with E-state index in [0.717, 1.165) is 6.42 Å². The van der Waals surface area contributed by atoms with E-state index in [9.17, 15) is 4.79 Å². The van der Waals surface area contributed by atoms with Gasteiger partial charge in [-0.25, -0.2) is 5.43 Å². The summed E-state index contributed by atoms with van der Waals surface area (Å²) >= 11 is 1.72. The number of rotatable bonds is 5. The predicted octanol–water partition coefficient (Wildman–Crippen LogP) is 1.59. The van der Waals surface area contributed by atoms with Crippen LogP contribution in [0.5, 0.6) is 0 Å². The molecular weight excluding hydrogens is 208 g/mol. The van der Waals surface area contributed by atoms with E-state index in [1.54, 1.807) is 18.8 Å². The van der Waals surface area contributed by atoms with Crippen molar-refractivity contribution in [2.24, 2.45) is 0 Å². The molecule has 0 saturated carbocycles. The zero-order valence-electron chi connectivity index (χ0n) is 9.04. The molecule has 0 fully saturated rings. The monoisotopic (exact) mass is 224 g/mol. The van der Waals surface area contributed by atoms with Gasteiger partial charge in [-0.3, -0.25) is 10.2 Å². The van der Waals surface area contributed by atoms with E-state index in [1.165, 1.54) is 10.5 Å². The molecule has 0 bridgehead atoms. The maximum atomic E-state index is 11.2. The van der Waals surface area contributed by atoms with Crippen molar-refractivity contribution in [3.63, 3.8) is 0 Å². The Balaban J connectivity index is 2.40. The molecule has 0 radical (unpaired) electrons. The van der Waals surface area contributed by atoms with Crippen LogP contribution in [0.3, 0.4) is 0 Å². The van der Waals surface area contributed by atoms with Gasteiger partial charge in [-0.15, -0.1) is 11.8 Å². The third kappa shape index (κ3) is 4.36. The number of thioether (sulfide) groups is 1. The second-order valence-corrected chi connectivity index (χ2v) is 4.03. The zero-order chi connectivity index (χ0) is 11.1. The molecule has 0 aromatic heterocycles. The minimum Gasteiger partial charge on any atom is -0.292 e. The molecule has 15 heavy (non-hydrogen) atoms. The molecule has 1 rings (SSSR count). The minimum absolute atomic E-state index is 0.0199. The van der Waals surface area contributed by atoms with Crippen molar-refractivity contribution in [2.45, 2.75) is 17.7 Å². The first-order valence-corrected chi connectivity index (χ1v) is 6.07. The summed E-state index contributed by atoms with van der Waals surface area (Å²) in [6.07, 6.45) is 3.34. The lowest BCUT2D eigenvalue weighted by atomic mass is 10.1. The highest BCUT2D eigenvalue weighted by molar-refractivity contribution is 7.98. The summed E-state index contributed by atoms with van der Waals surface area (Å²) in [6, 6.07) is 8.29. The highest BCUT2D eigenvalue weighted by Gasteiger charge is 2.00. The van der Waals surface area contributed by atoms with E-state index < -0.39 is 0 Å². The van der Waals surface area contributed by atoms with Gasteiger partial charge in [0.25, 0.3) is 0 Å². The molecule has 82 valence electrons. The molecule has 0 unspecified atom stereocenters. The van der Waals surface area contributed by atoms with Crippen molar-refractivity contribution < 1.29 is 4.79 Å². The lowest BCUT2D eigenvalue weighted by Gasteiger charge is -2.03. The van der Waals surface area contributed by atoms with Crippen LogP contribution in [-0.4, -0.2) is 19.2 Å². The molecule has 1 amide bonds. The molecule has 3 nitrogen and oxygen atoms in total. The van der Waals surface area contributed by atoms with Crippen LogP contribution in [0, 0.1) is 0 Å². The maximum Gasteiger partial charge on any atom is 0.234 e. The molecule has 2 N–H and O–H groups in total. The molecule has 1 aromatic carbocycles. The fourth-order valence-electron chi connectivity index (χ4n) is 1.25. The average Bonchev–Trinajstić information content (AvgIpc) is 2.27. The van der Waals surface area contributed by atoms with Crippen LogP contribution in [0.1, 0.15) is 12.0 Å². The summed E-state index contributed by atoms with van der Waals surface area (Å²) in [5.74, 6) is 0.0199. The number of carbonyl (C=O) groups is 1. The first-order chi connectivity index (χ1) is 7.26. The van der Waals surface area contributed by atoms with Gasteiger partial charge in [-0.2, -0.15) is 0 Å². The van der Waals surface area contributed by atoms with Gasteiger partial charge in [0.2, 0.25) is 5.91 Å². The Morgan fingerprint density at radius 1 is 1.33 bits per heavy atom. The van der Waals surface area contributed by atoms with E-state index in [2.05, 4.69) is 41.4 Å². The van der Waals surface area contributed by atoms with Gasteiger partial charge in [0, 0.05) is 18.4 Å². The number of carbonyl (C=O) groups excluding carboxylic acids is 1. The molecule has 0 atom stereocenters. The smallest absolute Gasteiger partial charge is 0.234 e. The first-order valence-electron chi connectivity index (χ1n) is 4.84. The number of hydrazine groups is 1. The van der Waals surface area contributed by atoms with Gasteiger partial charge >= 0.3 is 0 Å². The number of hydrogen-bond acceptors (Lipinski definition) is 3. The fraction of sp³-hybridized carbons (Fsp3) is 0.364. The van der Waals surface area contributed by atoms with E-state index in [1.807, 2.05) is 0 Å². The Bertz CT molecular complexity index is 311. The molecule has 0 spiro atoms. The van der Waals surface area contributed by atoms with Crippen LogP contribution in [-0.2, 0) is 11.2 Å². The van der Waals surface area contributed by atoms with Crippen molar-refractivity contribution in [3.8, 4) is 0 Å². The predicted molar refractivity (Wildman–Crippen MR) is 63.7 cm³/mol. The van der Waals surface area contributed by atoms with Crippen LogP contribution in [0.25, 0.3) is 0 Å². The van der Waals surface area contributed by atoms with Crippen LogP contribution in [0.15, 0.2) is 29.2 Å². The number of aryl methyl sites for hydroxylation is 1. The van der Waals surface area contributed by atoms with Gasteiger partial charge in [-0.05, 0) is 30.4 Å². The van der Waals surface area contributed by atoms with Crippen LogP contribution < -0.4 is 10.9 Å². The third-order valence-electron chi connectivity index (χ3n) is 2.06. The van der Waals surface area contributed by atoms with Crippen molar-refractivity contribution in [1.82, 2.24) is 10.9 Å². The summed E-state index contributed by atoms with van der Waals surface area (Å²) in [7, 11) is 1.69. The van der Waals surface area contributed by atoms with Crippen LogP contribution in [0.2, 0.25) is 0 Å². The van der Waals surface area contributed by atoms with Crippen molar-refractivity contribution in [3.05, 3.63) is 29.8 Å². The second kappa shape index (κ2) is 6.48. The van der Waals surface area contributed by atoms with Gasteiger partial charge < -0.3 is 0 Å². The van der Waals surface area contributed by atoms with Crippen molar-refractivity contribution in [2.75, 3.05) is 13.3 Å². The summed E-state index contributed by atoms with van der Waals surface area (Å²) in [5.41, 5.74) is 6.36. The first kappa shape index (κ1) is 12.1. The lowest BCUT2D eigenvalue weighted by molar-refractivity contribution is -0.121. The minimum atomic E-state index is 0.0199. The largest absolute Gasteiger partial charge is 0.292 e. The topological polar surface area (TPSA) is 41.1 Å². The summed E-state index contributed by atoms with van der Waals surface area (Å²) in [5, 5.41) is 0. The second-order valence-electron chi connectivity index (χ2n) is 3.15. The zero-order valence-corrected chi connectivity index (χ0v) is 9.86. The Kier molecular flexibility index (Phi) is 5.21. The van der Waals surface area contributed by atoms with Crippen LogP contribution in [0.4, 0.5) is 0 Å². The molecular formula is C11H16N2OS. The SMILES string of the molecule is CNNC(=O)CCc1ccc(SC)cc1. The Hall–Kier alpha value is -1.00. The molecule has 0 saturated heterocycles. The molecule has 0 aliphatic rings. The quantitative estimate of drug-likeness (QED) is 0.589. The lowest BCUT2D eigenvalue weighted by Crippen LogP contribution is -2.34. The van der Waals surface area contributed by atoms with E-state index in [-0.39, 0.29) is 5.91 Å². The highest BCUT2D eigenvalue weighted by Crippen LogP contribution is 2.15. The average molecular weight is 224 g/mol. The summed E-state index contributed by atoms with van der Waals surface area (Å²) in [6.45, 7) is 0. The van der Waals surface area contributed by atoms with Crippen molar-refractivity contribution in [1.29, 1.82) is 0 Å². The summed E-state index contributed by atoms with van der Waals surface area (Å²) in [4.78, 5) is 12.4. The standard InChI is InChI=1S/C11H16N2OS/c1-12-13-11(14)8-5-9-3-6-10(15-2)7-4-9/h3-4,6-7,12H,5,8H2,1-2H3,(H,13,14). The molecule has 4 heteroatoms. The van der Waals surface area contributed by atoms with E-state index >= 15 is 0 Å². The molecule has 0 aliphatic heterocycles. The van der Waals surface area contributed by atoms with Gasteiger partial charge in [0.15, 0.2) is 0 Å². The number of benzene rings is 1. The van der Waals surface area contributed by atoms with Gasteiger partial charge in [0.1, 0.15) is 0 Å². The Morgan fingerprint density at radius 3 is 2.53 bits per heavy atom. The third-order valence-corrected chi connectivity index (χ3v) is 2.81. The number of amides is 1. The normalized spacial score (nSPS) is 10.0. The molecule has 0 aliphatic carbocycles. The number of nitrogens with one attached hydrogen (secondary N) is 2. The Labute approximate surface area is 94.6 Å². The fourth-order valence-corrected chi connectivity index (χ4v) is 1.66. The van der Waals surface area contributed by atoms with Gasteiger partial charge in [-0.1, -0.05) is 12.1 Å². The maximum absolute atomic E-state index is 11.2. The summed E-state index contributed by atoms with van der Waals surface area (Å²) < 4.78 is 0. The van der Waals surface area contributed by atoms with Crippen LogP contribution >= 0.6 is 11.8 Å². The number of hydrogen-bond donors (Lipinski definition) is 2.